The highest BCUT2D eigenvalue weighted by atomic mass is 16.3. The van der Waals surface area contributed by atoms with Crippen LogP contribution < -0.4 is 5.32 Å². The Labute approximate surface area is 115 Å². The number of nitrogens with zero attached hydrogens (tertiary/aromatic N) is 1. The lowest BCUT2D eigenvalue weighted by atomic mass is 9.96. The summed E-state index contributed by atoms with van der Waals surface area (Å²) < 4.78 is 5.48. The van der Waals surface area contributed by atoms with Crippen LogP contribution in [0.2, 0.25) is 0 Å². The molecule has 1 fully saturated rings. The fourth-order valence-corrected chi connectivity index (χ4v) is 2.84. The molecule has 0 aliphatic heterocycles. The van der Waals surface area contributed by atoms with Gasteiger partial charge in [0.15, 0.2) is 5.76 Å². The van der Waals surface area contributed by atoms with Gasteiger partial charge in [-0.15, -0.1) is 0 Å². The van der Waals surface area contributed by atoms with Gasteiger partial charge in [0.25, 0.3) is 5.91 Å². The van der Waals surface area contributed by atoms with Gasteiger partial charge in [-0.25, -0.2) is 0 Å². The van der Waals surface area contributed by atoms with E-state index in [0.29, 0.717) is 12.3 Å². The van der Waals surface area contributed by atoms with Crippen molar-refractivity contribution in [2.24, 2.45) is 0 Å². The first-order valence-corrected chi connectivity index (χ1v) is 7.12. The Balaban J connectivity index is 1.95. The van der Waals surface area contributed by atoms with Gasteiger partial charge in [0.2, 0.25) is 0 Å². The molecule has 0 saturated heterocycles. The van der Waals surface area contributed by atoms with Crippen LogP contribution >= 0.6 is 0 Å². The van der Waals surface area contributed by atoms with Crippen molar-refractivity contribution in [2.45, 2.75) is 44.6 Å². The van der Waals surface area contributed by atoms with Gasteiger partial charge in [0.05, 0.1) is 0 Å². The number of hydrogen-bond acceptors (Lipinski definition) is 3. The van der Waals surface area contributed by atoms with Crippen LogP contribution in [0.5, 0.6) is 0 Å². The van der Waals surface area contributed by atoms with Crippen molar-refractivity contribution in [1.82, 2.24) is 10.2 Å². The van der Waals surface area contributed by atoms with Crippen LogP contribution in [0.3, 0.4) is 0 Å². The predicted molar refractivity (Wildman–Crippen MR) is 75.3 cm³/mol. The number of nitrogens with one attached hydrogen (secondary N) is 1. The third kappa shape index (κ3) is 3.00. The Morgan fingerprint density at radius 2 is 2.05 bits per heavy atom. The molecule has 0 radical (unpaired) electrons. The van der Waals surface area contributed by atoms with E-state index in [0.717, 1.165) is 25.0 Å². The minimum atomic E-state index is -0.104. The summed E-state index contributed by atoms with van der Waals surface area (Å²) in [4.78, 5) is 14.3. The summed E-state index contributed by atoms with van der Waals surface area (Å²) in [6, 6.07) is 3.62. The summed E-state index contributed by atoms with van der Waals surface area (Å²) in [6.07, 6.45) is 5.61. The molecule has 1 saturated carbocycles. The number of rotatable bonds is 5. The second-order valence-corrected chi connectivity index (χ2v) is 5.63. The van der Waals surface area contributed by atoms with E-state index >= 15 is 0 Å². The van der Waals surface area contributed by atoms with Gasteiger partial charge < -0.3 is 14.6 Å². The zero-order chi connectivity index (χ0) is 13.9. The molecule has 1 aromatic rings. The summed E-state index contributed by atoms with van der Waals surface area (Å²) in [6.45, 7) is 2.71. The Kier molecular flexibility index (Phi) is 4.30. The third-order valence-electron chi connectivity index (χ3n) is 4.29. The number of furan rings is 1. The van der Waals surface area contributed by atoms with Gasteiger partial charge in [0, 0.05) is 18.5 Å². The Hall–Kier alpha value is -1.29. The molecule has 1 heterocycles. The number of carbonyl (C=O) groups excluding carboxylic acids is 1. The molecule has 0 spiro atoms. The molecular weight excluding hydrogens is 240 g/mol. The first-order valence-electron chi connectivity index (χ1n) is 7.12. The Morgan fingerprint density at radius 1 is 1.37 bits per heavy atom. The summed E-state index contributed by atoms with van der Waals surface area (Å²) in [5, 5.41) is 3.03. The van der Waals surface area contributed by atoms with Crippen molar-refractivity contribution < 1.29 is 9.21 Å². The first-order chi connectivity index (χ1) is 9.07. The lowest BCUT2D eigenvalue weighted by molar-refractivity contribution is 0.0871. The third-order valence-corrected chi connectivity index (χ3v) is 4.29. The van der Waals surface area contributed by atoms with Gasteiger partial charge in [-0.3, -0.25) is 4.79 Å². The van der Waals surface area contributed by atoms with Crippen LogP contribution in [0, 0.1) is 0 Å². The van der Waals surface area contributed by atoms with E-state index in [1.807, 2.05) is 13.0 Å². The summed E-state index contributed by atoms with van der Waals surface area (Å²) in [7, 11) is 4.19. The Bertz CT molecular complexity index is 431. The topological polar surface area (TPSA) is 45.5 Å². The highest BCUT2D eigenvalue weighted by Crippen LogP contribution is 2.33. The molecule has 4 nitrogen and oxygen atoms in total. The number of likely N-dealkylation sites (N-methyl/N-ethyl adjacent to an activating group) is 1. The van der Waals surface area contributed by atoms with Gasteiger partial charge in [-0.1, -0.05) is 19.8 Å². The quantitative estimate of drug-likeness (QED) is 0.888. The summed E-state index contributed by atoms with van der Waals surface area (Å²) >= 11 is 0. The standard InChI is InChI=1S/C15H24N2O2/c1-4-12-7-8-13(19-12)14(18)16-11-15(17(2)3)9-5-6-10-15/h7-8H,4-6,9-11H2,1-3H3,(H,16,18). The lowest BCUT2D eigenvalue weighted by Gasteiger charge is -2.36. The first kappa shape index (κ1) is 14.1. The SMILES string of the molecule is CCc1ccc(C(=O)NCC2(N(C)C)CCCC2)o1. The summed E-state index contributed by atoms with van der Waals surface area (Å²) in [5.41, 5.74) is 0.121. The average molecular weight is 264 g/mol. The average Bonchev–Trinajstić information content (AvgIpc) is 3.05. The van der Waals surface area contributed by atoms with E-state index in [-0.39, 0.29) is 11.4 Å². The molecule has 19 heavy (non-hydrogen) atoms. The molecule has 1 aliphatic carbocycles. The highest BCUT2D eigenvalue weighted by molar-refractivity contribution is 5.91. The molecule has 1 aromatic heterocycles. The minimum absolute atomic E-state index is 0.104. The lowest BCUT2D eigenvalue weighted by Crippen LogP contribution is -2.50. The van der Waals surface area contributed by atoms with E-state index in [4.69, 9.17) is 4.42 Å². The highest BCUT2D eigenvalue weighted by Gasteiger charge is 2.36. The van der Waals surface area contributed by atoms with Crippen LogP contribution in [0.25, 0.3) is 0 Å². The van der Waals surface area contributed by atoms with Crippen LogP contribution in [0.1, 0.15) is 48.9 Å². The van der Waals surface area contributed by atoms with Crippen molar-refractivity contribution in [3.63, 3.8) is 0 Å². The molecular formula is C15H24N2O2. The molecule has 106 valence electrons. The van der Waals surface area contributed by atoms with Gasteiger partial charge in [0.1, 0.15) is 5.76 Å². The van der Waals surface area contributed by atoms with Gasteiger partial charge in [-0.2, -0.15) is 0 Å². The minimum Gasteiger partial charge on any atom is -0.456 e. The van der Waals surface area contributed by atoms with E-state index in [1.165, 1.54) is 12.8 Å². The normalized spacial score (nSPS) is 17.9. The second kappa shape index (κ2) is 5.78. The van der Waals surface area contributed by atoms with E-state index in [1.54, 1.807) is 6.07 Å². The smallest absolute Gasteiger partial charge is 0.287 e. The van der Waals surface area contributed by atoms with Gasteiger partial charge in [-0.05, 0) is 39.1 Å². The summed E-state index contributed by atoms with van der Waals surface area (Å²) in [5.74, 6) is 1.17. The Morgan fingerprint density at radius 3 is 2.58 bits per heavy atom. The van der Waals surface area contributed by atoms with Crippen molar-refractivity contribution >= 4 is 5.91 Å². The number of amides is 1. The number of aryl methyl sites for hydroxylation is 1. The zero-order valence-corrected chi connectivity index (χ0v) is 12.2. The fourth-order valence-electron chi connectivity index (χ4n) is 2.84. The monoisotopic (exact) mass is 264 g/mol. The molecule has 0 aromatic carbocycles. The van der Waals surface area contributed by atoms with Crippen LogP contribution in [0.15, 0.2) is 16.5 Å². The van der Waals surface area contributed by atoms with Crippen LogP contribution in [0.4, 0.5) is 0 Å². The molecule has 1 amide bonds. The number of hydrogen-bond donors (Lipinski definition) is 1. The van der Waals surface area contributed by atoms with Crippen molar-refractivity contribution in [2.75, 3.05) is 20.6 Å². The molecule has 2 rings (SSSR count). The maximum absolute atomic E-state index is 12.1. The molecule has 4 heteroatoms. The van der Waals surface area contributed by atoms with E-state index < -0.39 is 0 Å². The molecule has 0 atom stereocenters. The van der Waals surface area contributed by atoms with E-state index in [2.05, 4.69) is 24.3 Å². The maximum atomic E-state index is 12.1. The predicted octanol–water partition coefficient (Wildman–Crippen LogP) is 2.45. The van der Waals surface area contributed by atoms with E-state index in [9.17, 15) is 4.79 Å². The largest absolute Gasteiger partial charge is 0.456 e. The van der Waals surface area contributed by atoms with Gasteiger partial charge >= 0.3 is 0 Å². The zero-order valence-electron chi connectivity index (χ0n) is 12.2. The molecule has 0 bridgehead atoms. The maximum Gasteiger partial charge on any atom is 0.287 e. The van der Waals surface area contributed by atoms with Crippen molar-refractivity contribution in [1.29, 1.82) is 0 Å². The number of carbonyl (C=O) groups is 1. The van der Waals surface area contributed by atoms with Crippen LogP contribution in [-0.4, -0.2) is 37.0 Å². The molecule has 0 unspecified atom stereocenters. The van der Waals surface area contributed by atoms with Crippen molar-refractivity contribution in [3.05, 3.63) is 23.7 Å². The van der Waals surface area contributed by atoms with Crippen molar-refractivity contribution in [3.8, 4) is 0 Å². The fraction of sp³-hybridized carbons (Fsp3) is 0.667. The molecule has 1 N–H and O–H groups in total. The second-order valence-electron chi connectivity index (χ2n) is 5.63. The molecule has 1 aliphatic rings. The van der Waals surface area contributed by atoms with Crippen LogP contribution in [-0.2, 0) is 6.42 Å².